The van der Waals surface area contributed by atoms with Gasteiger partial charge in [-0.2, -0.15) is 0 Å². The summed E-state index contributed by atoms with van der Waals surface area (Å²) in [6.07, 6.45) is 1.54. The SMILES string of the molecule is C/C(=N/OCCN1CCOCC1)c1ccc(NC(=O)c2cccnc2Cl)cc1. The summed E-state index contributed by atoms with van der Waals surface area (Å²) in [7, 11) is 0. The number of nitrogens with zero attached hydrogens (tertiary/aromatic N) is 3. The summed E-state index contributed by atoms with van der Waals surface area (Å²) in [6, 6.07) is 10.7. The van der Waals surface area contributed by atoms with Gasteiger partial charge in [-0.1, -0.05) is 28.9 Å². The predicted molar refractivity (Wildman–Crippen MR) is 109 cm³/mol. The highest BCUT2D eigenvalue weighted by molar-refractivity contribution is 6.33. The number of halogens is 1. The summed E-state index contributed by atoms with van der Waals surface area (Å²) in [5, 5.41) is 7.15. The average molecular weight is 403 g/mol. The number of hydrogen-bond donors (Lipinski definition) is 1. The number of rotatable bonds is 7. The standard InChI is InChI=1S/C20H23ClN4O3/c1-15(24-28-14-11-25-9-12-27-13-10-25)16-4-6-17(7-5-16)23-20(26)18-3-2-8-22-19(18)21/h2-8H,9-14H2,1H3,(H,23,26)/b24-15-. The molecule has 0 unspecified atom stereocenters. The topological polar surface area (TPSA) is 76.1 Å². The Morgan fingerprint density at radius 3 is 2.75 bits per heavy atom. The Labute approximate surface area is 169 Å². The van der Waals surface area contributed by atoms with Crippen molar-refractivity contribution in [3.8, 4) is 0 Å². The highest BCUT2D eigenvalue weighted by Crippen LogP contribution is 2.16. The van der Waals surface area contributed by atoms with Crippen molar-refractivity contribution >= 4 is 28.9 Å². The van der Waals surface area contributed by atoms with Gasteiger partial charge in [-0.3, -0.25) is 9.69 Å². The molecule has 0 saturated carbocycles. The number of anilines is 1. The smallest absolute Gasteiger partial charge is 0.258 e. The number of hydrogen-bond acceptors (Lipinski definition) is 6. The Bertz CT molecular complexity index is 820. The lowest BCUT2D eigenvalue weighted by Gasteiger charge is -2.25. The van der Waals surface area contributed by atoms with Gasteiger partial charge in [-0.15, -0.1) is 0 Å². The monoisotopic (exact) mass is 402 g/mol. The number of benzene rings is 1. The molecule has 7 nitrogen and oxygen atoms in total. The Morgan fingerprint density at radius 2 is 2.04 bits per heavy atom. The van der Waals surface area contributed by atoms with E-state index in [0.717, 1.165) is 44.1 Å². The largest absolute Gasteiger partial charge is 0.394 e. The van der Waals surface area contributed by atoms with Gasteiger partial charge in [0.25, 0.3) is 5.91 Å². The third-order valence-electron chi connectivity index (χ3n) is 4.37. The maximum Gasteiger partial charge on any atom is 0.258 e. The molecule has 1 N–H and O–H groups in total. The third-order valence-corrected chi connectivity index (χ3v) is 4.67. The van der Waals surface area contributed by atoms with Crippen LogP contribution in [0, 0.1) is 0 Å². The molecule has 1 saturated heterocycles. The van der Waals surface area contributed by atoms with Crippen molar-refractivity contribution in [2.24, 2.45) is 5.16 Å². The quantitative estimate of drug-likeness (QED) is 0.333. The normalized spacial score (nSPS) is 15.3. The second-order valence-electron chi connectivity index (χ2n) is 6.34. The fraction of sp³-hybridized carbons (Fsp3) is 0.350. The number of oxime groups is 1. The molecule has 28 heavy (non-hydrogen) atoms. The van der Waals surface area contributed by atoms with Crippen molar-refractivity contribution in [1.82, 2.24) is 9.88 Å². The molecule has 1 aromatic heterocycles. The molecule has 0 atom stereocenters. The van der Waals surface area contributed by atoms with E-state index in [0.29, 0.717) is 17.9 Å². The molecule has 8 heteroatoms. The van der Waals surface area contributed by atoms with Crippen molar-refractivity contribution in [3.63, 3.8) is 0 Å². The fourth-order valence-electron chi connectivity index (χ4n) is 2.74. The first-order valence-electron chi connectivity index (χ1n) is 9.12. The lowest BCUT2D eigenvalue weighted by molar-refractivity contribution is 0.0212. The van der Waals surface area contributed by atoms with Crippen LogP contribution in [-0.2, 0) is 9.57 Å². The van der Waals surface area contributed by atoms with E-state index in [1.54, 1.807) is 18.3 Å². The van der Waals surface area contributed by atoms with Crippen molar-refractivity contribution in [1.29, 1.82) is 0 Å². The zero-order valence-electron chi connectivity index (χ0n) is 15.7. The summed E-state index contributed by atoms with van der Waals surface area (Å²) >= 11 is 5.95. The predicted octanol–water partition coefficient (Wildman–Crippen LogP) is 3.06. The Kier molecular flexibility index (Phi) is 7.36. The molecule has 148 valence electrons. The Hall–Kier alpha value is -2.48. The number of carbonyl (C=O) groups excluding carboxylic acids is 1. The van der Waals surface area contributed by atoms with Crippen molar-refractivity contribution in [3.05, 3.63) is 58.9 Å². The average Bonchev–Trinajstić information content (AvgIpc) is 2.72. The van der Waals surface area contributed by atoms with Crippen LogP contribution in [0.1, 0.15) is 22.8 Å². The molecule has 2 heterocycles. The third kappa shape index (κ3) is 5.76. The van der Waals surface area contributed by atoms with Gasteiger partial charge in [0, 0.05) is 31.5 Å². The second-order valence-corrected chi connectivity index (χ2v) is 6.70. The van der Waals surface area contributed by atoms with E-state index < -0.39 is 0 Å². The number of amides is 1. The van der Waals surface area contributed by atoms with Crippen LogP contribution >= 0.6 is 11.6 Å². The van der Waals surface area contributed by atoms with Gasteiger partial charge in [-0.25, -0.2) is 4.98 Å². The van der Waals surface area contributed by atoms with E-state index >= 15 is 0 Å². The van der Waals surface area contributed by atoms with Crippen LogP contribution in [0.3, 0.4) is 0 Å². The number of ether oxygens (including phenoxy) is 1. The first kappa shape index (κ1) is 20.3. The molecule has 1 fully saturated rings. The first-order chi connectivity index (χ1) is 13.6. The maximum atomic E-state index is 12.3. The van der Waals surface area contributed by atoms with E-state index in [2.05, 4.69) is 20.4 Å². The summed E-state index contributed by atoms with van der Waals surface area (Å²) < 4.78 is 5.32. The number of aromatic nitrogens is 1. The number of morpholine rings is 1. The van der Waals surface area contributed by atoms with Gasteiger partial charge in [0.15, 0.2) is 0 Å². The molecule has 2 aromatic rings. The molecule has 0 radical (unpaired) electrons. The van der Waals surface area contributed by atoms with Crippen molar-refractivity contribution in [2.75, 3.05) is 44.8 Å². The number of nitrogens with one attached hydrogen (secondary N) is 1. The highest BCUT2D eigenvalue weighted by Gasteiger charge is 2.11. The lowest BCUT2D eigenvalue weighted by atomic mass is 10.1. The summed E-state index contributed by atoms with van der Waals surface area (Å²) in [4.78, 5) is 23.9. The van der Waals surface area contributed by atoms with Crippen LogP contribution in [0.15, 0.2) is 47.8 Å². The van der Waals surface area contributed by atoms with Gasteiger partial charge in [0.05, 0.1) is 24.5 Å². The Balaban J connectivity index is 1.50. The number of pyridine rings is 1. The highest BCUT2D eigenvalue weighted by atomic mass is 35.5. The van der Waals surface area contributed by atoms with Crippen LogP contribution in [0.25, 0.3) is 0 Å². The van der Waals surface area contributed by atoms with Crippen LogP contribution in [0.4, 0.5) is 5.69 Å². The number of carbonyl (C=O) groups is 1. The van der Waals surface area contributed by atoms with E-state index in [1.807, 2.05) is 31.2 Å². The van der Waals surface area contributed by atoms with Crippen LogP contribution in [0.2, 0.25) is 5.15 Å². The van der Waals surface area contributed by atoms with Gasteiger partial charge in [0.1, 0.15) is 11.8 Å². The van der Waals surface area contributed by atoms with E-state index in [1.165, 1.54) is 0 Å². The molecule has 3 rings (SSSR count). The zero-order valence-corrected chi connectivity index (χ0v) is 16.5. The summed E-state index contributed by atoms with van der Waals surface area (Å²) in [6.45, 7) is 6.68. The van der Waals surface area contributed by atoms with Crippen LogP contribution in [-0.4, -0.2) is 61.0 Å². The van der Waals surface area contributed by atoms with E-state index in [4.69, 9.17) is 21.2 Å². The molecule has 1 amide bonds. The first-order valence-corrected chi connectivity index (χ1v) is 9.50. The minimum Gasteiger partial charge on any atom is -0.394 e. The molecule has 1 aromatic carbocycles. The van der Waals surface area contributed by atoms with Gasteiger partial charge in [0.2, 0.25) is 0 Å². The van der Waals surface area contributed by atoms with Crippen LogP contribution < -0.4 is 5.32 Å². The van der Waals surface area contributed by atoms with E-state index in [-0.39, 0.29) is 11.1 Å². The maximum absolute atomic E-state index is 12.3. The molecular weight excluding hydrogens is 380 g/mol. The molecule has 0 aliphatic carbocycles. The summed E-state index contributed by atoms with van der Waals surface area (Å²) in [5.74, 6) is -0.303. The second kappa shape index (κ2) is 10.2. The minimum absolute atomic E-state index is 0.175. The molecule has 0 bridgehead atoms. The van der Waals surface area contributed by atoms with Gasteiger partial charge >= 0.3 is 0 Å². The zero-order chi connectivity index (χ0) is 19.8. The molecule has 0 spiro atoms. The van der Waals surface area contributed by atoms with Crippen LogP contribution in [0.5, 0.6) is 0 Å². The summed E-state index contributed by atoms with van der Waals surface area (Å²) in [5.41, 5.74) is 2.69. The van der Waals surface area contributed by atoms with Gasteiger partial charge < -0.3 is 14.9 Å². The van der Waals surface area contributed by atoms with Crippen molar-refractivity contribution < 1.29 is 14.4 Å². The molecule has 1 aliphatic rings. The molecular formula is C20H23ClN4O3. The Morgan fingerprint density at radius 1 is 1.29 bits per heavy atom. The van der Waals surface area contributed by atoms with Crippen molar-refractivity contribution in [2.45, 2.75) is 6.92 Å². The minimum atomic E-state index is -0.303. The van der Waals surface area contributed by atoms with Gasteiger partial charge in [-0.05, 0) is 36.8 Å². The molecule has 1 aliphatic heterocycles. The lowest BCUT2D eigenvalue weighted by Crippen LogP contribution is -2.38. The van der Waals surface area contributed by atoms with E-state index in [9.17, 15) is 4.79 Å². The fourth-order valence-corrected chi connectivity index (χ4v) is 2.94.